The summed E-state index contributed by atoms with van der Waals surface area (Å²) in [6, 6.07) is -0.771. The van der Waals surface area contributed by atoms with E-state index in [0.29, 0.717) is 11.0 Å². The fourth-order valence-electron chi connectivity index (χ4n) is 1.17. The maximum absolute atomic E-state index is 10.8. The quantitative estimate of drug-likeness (QED) is 0.699. The standard InChI is InChI=1S/C10H19NO3S/c1-4-5-7(2)15-6-9(10(13)14)11-8(3)12/h7,9H,4-6H2,1-3H3,(H,11,12)(H,13,14)/t7?,9-/m0/s1. The van der Waals surface area contributed by atoms with Gasteiger partial charge >= 0.3 is 5.97 Å². The van der Waals surface area contributed by atoms with Gasteiger partial charge in [0.15, 0.2) is 0 Å². The lowest BCUT2D eigenvalue weighted by Gasteiger charge is -2.15. The number of rotatable bonds is 7. The highest BCUT2D eigenvalue weighted by atomic mass is 32.2. The first-order valence-electron chi connectivity index (χ1n) is 5.08. The molecule has 0 aliphatic heterocycles. The second-order valence-electron chi connectivity index (χ2n) is 3.52. The van der Waals surface area contributed by atoms with Crippen LogP contribution in [0.15, 0.2) is 0 Å². The predicted octanol–water partition coefficient (Wildman–Crippen LogP) is 1.50. The molecule has 0 aliphatic rings. The summed E-state index contributed by atoms with van der Waals surface area (Å²) in [5.74, 6) is -0.844. The number of hydrogen-bond acceptors (Lipinski definition) is 3. The molecule has 88 valence electrons. The molecule has 4 nitrogen and oxygen atoms in total. The van der Waals surface area contributed by atoms with Gasteiger partial charge in [0.25, 0.3) is 0 Å². The number of aliphatic carboxylic acids is 1. The fourth-order valence-corrected chi connectivity index (χ4v) is 2.32. The molecule has 0 aromatic carbocycles. The van der Waals surface area contributed by atoms with Crippen LogP contribution in [0.5, 0.6) is 0 Å². The number of hydrogen-bond donors (Lipinski definition) is 2. The van der Waals surface area contributed by atoms with E-state index in [-0.39, 0.29) is 5.91 Å². The van der Waals surface area contributed by atoms with Gasteiger partial charge in [-0.1, -0.05) is 20.3 Å². The Balaban J connectivity index is 3.96. The molecule has 1 amide bonds. The zero-order valence-electron chi connectivity index (χ0n) is 9.45. The van der Waals surface area contributed by atoms with E-state index in [4.69, 9.17) is 5.11 Å². The molecular weight excluding hydrogens is 214 g/mol. The summed E-state index contributed by atoms with van der Waals surface area (Å²) in [5, 5.41) is 11.7. The summed E-state index contributed by atoms with van der Waals surface area (Å²) in [6.07, 6.45) is 2.16. The van der Waals surface area contributed by atoms with E-state index in [1.54, 1.807) is 11.8 Å². The largest absolute Gasteiger partial charge is 0.480 e. The minimum Gasteiger partial charge on any atom is -0.480 e. The molecule has 0 radical (unpaired) electrons. The number of carboxylic acids is 1. The summed E-state index contributed by atoms with van der Waals surface area (Å²) >= 11 is 1.58. The maximum atomic E-state index is 10.8. The van der Waals surface area contributed by atoms with Crippen LogP contribution in [0.1, 0.15) is 33.6 Å². The predicted molar refractivity (Wildman–Crippen MR) is 62.1 cm³/mol. The third kappa shape index (κ3) is 7.25. The number of thioether (sulfide) groups is 1. The molecule has 0 spiro atoms. The second kappa shape index (κ2) is 7.56. The van der Waals surface area contributed by atoms with Crippen LogP contribution in [0, 0.1) is 0 Å². The Morgan fingerprint density at radius 3 is 2.47 bits per heavy atom. The van der Waals surface area contributed by atoms with Gasteiger partial charge in [0.1, 0.15) is 6.04 Å². The first-order chi connectivity index (χ1) is 6.97. The molecule has 0 fully saturated rings. The maximum Gasteiger partial charge on any atom is 0.327 e. The molecule has 0 saturated carbocycles. The summed E-state index contributed by atoms with van der Waals surface area (Å²) in [4.78, 5) is 21.5. The highest BCUT2D eigenvalue weighted by Gasteiger charge is 2.19. The molecule has 0 aromatic heterocycles. The zero-order valence-corrected chi connectivity index (χ0v) is 10.3. The van der Waals surface area contributed by atoms with Crippen molar-refractivity contribution in [3.63, 3.8) is 0 Å². The highest BCUT2D eigenvalue weighted by molar-refractivity contribution is 7.99. The fraction of sp³-hybridized carbons (Fsp3) is 0.800. The molecule has 1 unspecified atom stereocenters. The van der Waals surface area contributed by atoms with E-state index in [9.17, 15) is 9.59 Å². The van der Waals surface area contributed by atoms with Gasteiger partial charge in [-0.2, -0.15) is 11.8 Å². The van der Waals surface area contributed by atoms with Gasteiger partial charge in [0.2, 0.25) is 5.91 Å². The van der Waals surface area contributed by atoms with Crippen molar-refractivity contribution in [1.29, 1.82) is 0 Å². The van der Waals surface area contributed by atoms with E-state index in [0.717, 1.165) is 12.8 Å². The van der Waals surface area contributed by atoms with Gasteiger partial charge in [0.05, 0.1) is 0 Å². The van der Waals surface area contributed by atoms with Crippen LogP contribution in [-0.2, 0) is 9.59 Å². The van der Waals surface area contributed by atoms with Crippen molar-refractivity contribution in [2.75, 3.05) is 5.75 Å². The SMILES string of the molecule is CCCC(C)SC[C@H](NC(C)=O)C(=O)O. The van der Waals surface area contributed by atoms with E-state index in [1.807, 2.05) is 0 Å². The molecule has 0 rings (SSSR count). The molecule has 15 heavy (non-hydrogen) atoms. The van der Waals surface area contributed by atoms with Gasteiger partial charge in [-0.3, -0.25) is 4.79 Å². The van der Waals surface area contributed by atoms with Crippen molar-refractivity contribution >= 4 is 23.6 Å². The molecule has 2 N–H and O–H groups in total. The zero-order chi connectivity index (χ0) is 11.8. The van der Waals surface area contributed by atoms with Crippen molar-refractivity contribution in [3.8, 4) is 0 Å². The van der Waals surface area contributed by atoms with E-state index >= 15 is 0 Å². The minimum atomic E-state index is -0.971. The molecule has 5 heteroatoms. The molecule has 0 heterocycles. The number of amides is 1. The summed E-state index contributed by atoms with van der Waals surface area (Å²) in [7, 11) is 0. The van der Waals surface area contributed by atoms with Crippen molar-refractivity contribution in [2.24, 2.45) is 0 Å². The highest BCUT2D eigenvalue weighted by Crippen LogP contribution is 2.16. The lowest BCUT2D eigenvalue weighted by Crippen LogP contribution is -2.41. The molecule has 0 aromatic rings. The third-order valence-corrected chi connectivity index (χ3v) is 3.25. The Bertz CT molecular complexity index is 221. The Hall–Kier alpha value is -0.710. The topological polar surface area (TPSA) is 66.4 Å². The summed E-state index contributed by atoms with van der Waals surface area (Å²) < 4.78 is 0. The van der Waals surface area contributed by atoms with Gasteiger partial charge in [-0.25, -0.2) is 4.79 Å². The number of carbonyl (C=O) groups is 2. The summed E-state index contributed by atoms with van der Waals surface area (Å²) in [6.45, 7) is 5.50. The number of nitrogens with one attached hydrogen (secondary N) is 1. The van der Waals surface area contributed by atoms with E-state index < -0.39 is 12.0 Å². The van der Waals surface area contributed by atoms with Crippen LogP contribution in [0.4, 0.5) is 0 Å². The van der Waals surface area contributed by atoms with Crippen LogP contribution in [0.25, 0.3) is 0 Å². The first kappa shape index (κ1) is 14.3. The van der Waals surface area contributed by atoms with Crippen molar-refractivity contribution < 1.29 is 14.7 Å². The van der Waals surface area contributed by atoms with Crippen LogP contribution in [0.3, 0.4) is 0 Å². The molecule has 0 bridgehead atoms. The van der Waals surface area contributed by atoms with Gasteiger partial charge in [-0.15, -0.1) is 0 Å². The lowest BCUT2D eigenvalue weighted by atomic mass is 10.3. The van der Waals surface area contributed by atoms with Crippen LogP contribution < -0.4 is 5.32 Å². The average Bonchev–Trinajstić information content (AvgIpc) is 2.11. The van der Waals surface area contributed by atoms with Crippen LogP contribution in [-0.4, -0.2) is 34.0 Å². The third-order valence-electron chi connectivity index (χ3n) is 1.92. The van der Waals surface area contributed by atoms with Gasteiger partial charge < -0.3 is 10.4 Å². The number of carbonyl (C=O) groups excluding carboxylic acids is 1. The van der Waals surface area contributed by atoms with Gasteiger partial charge in [0, 0.05) is 17.9 Å². The normalized spacial score (nSPS) is 14.3. The molecule has 0 saturated heterocycles. The van der Waals surface area contributed by atoms with Crippen LogP contribution in [0.2, 0.25) is 0 Å². The average molecular weight is 233 g/mol. The number of carboxylic acid groups (broad SMARTS) is 1. The van der Waals surface area contributed by atoms with Crippen LogP contribution >= 0.6 is 11.8 Å². The van der Waals surface area contributed by atoms with E-state index in [1.165, 1.54) is 6.92 Å². The Morgan fingerprint density at radius 2 is 2.07 bits per heavy atom. The Labute approximate surface area is 94.8 Å². The summed E-state index contributed by atoms with van der Waals surface area (Å²) in [5.41, 5.74) is 0. The molecule has 0 aliphatic carbocycles. The van der Waals surface area contributed by atoms with Crippen molar-refractivity contribution in [3.05, 3.63) is 0 Å². The molecule has 2 atom stereocenters. The van der Waals surface area contributed by atoms with Gasteiger partial charge in [-0.05, 0) is 6.42 Å². The lowest BCUT2D eigenvalue weighted by molar-refractivity contribution is -0.140. The Kier molecular flexibility index (Phi) is 7.21. The molecular formula is C10H19NO3S. The second-order valence-corrected chi connectivity index (χ2v) is 5.00. The minimum absolute atomic E-state index is 0.300. The van der Waals surface area contributed by atoms with Crippen molar-refractivity contribution in [1.82, 2.24) is 5.32 Å². The monoisotopic (exact) mass is 233 g/mol. The smallest absolute Gasteiger partial charge is 0.327 e. The first-order valence-corrected chi connectivity index (χ1v) is 6.13. The Morgan fingerprint density at radius 1 is 1.47 bits per heavy atom. The van der Waals surface area contributed by atoms with Crippen molar-refractivity contribution in [2.45, 2.75) is 44.9 Å². The van der Waals surface area contributed by atoms with E-state index in [2.05, 4.69) is 19.2 Å².